The molecule has 0 bridgehead atoms. The normalized spacial score (nSPS) is 13.1. The van der Waals surface area contributed by atoms with Crippen molar-refractivity contribution in [3.05, 3.63) is 165 Å². The fraction of sp³-hybridized carbons (Fsp3) is 0.515. The van der Waals surface area contributed by atoms with E-state index in [9.17, 15) is 0 Å². The van der Waals surface area contributed by atoms with Crippen LogP contribution in [-0.4, -0.2) is 8.75 Å². The molecule has 1 unspecified atom stereocenters. The van der Waals surface area contributed by atoms with Gasteiger partial charge < -0.3 is 0 Å². The van der Waals surface area contributed by atoms with E-state index >= 15 is 0 Å². The summed E-state index contributed by atoms with van der Waals surface area (Å²) in [5.41, 5.74) is 20.0. The molecule has 0 N–H and O–H groups in total. The number of rotatable bonds is 50. The Morgan fingerprint density at radius 1 is 0.272 bits per heavy atom. The van der Waals surface area contributed by atoms with E-state index in [1.807, 2.05) is 79.4 Å². The van der Waals surface area contributed by atoms with E-state index in [1.165, 1.54) is 353 Å². The van der Waals surface area contributed by atoms with Gasteiger partial charge in [0.2, 0.25) is 0 Å². The van der Waals surface area contributed by atoms with Crippen molar-refractivity contribution in [2.24, 2.45) is 0 Å². The van der Waals surface area contributed by atoms with E-state index in [0.29, 0.717) is 5.92 Å². The summed E-state index contributed by atoms with van der Waals surface area (Å²) in [4.78, 5) is 22.6. The third-order valence-electron chi connectivity index (χ3n) is 25.9. The highest BCUT2D eigenvalue weighted by atomic mass is 32.1. The summed E-state index contributed by atoms with van der Waals surface area (Å²) in [6.07, 6.45) is 49.8. The smallest absolute Gasteiger partial charge is 0.114 e. The Bertz CT molecular complexity index is 4940. The fourth-order valence-electron chi connectivity index (χ4n) is 17.6. The maximum atomic E-state index is 5.22. The second kappa shape index (κ2) is 42.8. The van der Waals surface area contributed by atoms with Crippen molar-refractivity contribution in [1.82, 2.24) is 8.75 Å². The number of aryl methyl sites for hydroxylation is 4. The lowest BCUT2D eigenvalue weighted by Gasteiger charge is -2.28. The van der Waals surface area contributed by atoms with Gasteiger partial charge in [-0.2, -0.15) is 8.75 Å². The molecule has 12 aromatic rings. The predicted molar refractivity (Wildman–Crippen MR) is 519 cm³/mol. The molecule has 9 aromatic heterocycles. The second-order valence-electron chi connectivity index (χ2n) is 34.0. The molecule has 0 amide bonds. The van der Waals surface area contributed by atoms with E-state index in [-0.39, 0.29) is 10.8 Å². The number of benzene rings is 3. The van der Waals surface area contributed by atoms with Crippen LogP contribution >= 0.6 is 102 Å². The maximum absolute atomic E-state index is 5.22. The summed E-state index contributed by atoms with van der Waals surface area (Å²) in [6.45, 7) is 26.1. The molecule has 0 saturated heterocycles. The van der Waals surface area contributed by atoms with Gasteiger partial charge in [0.15, 0.2) is 0 Å². The number of hydrogen-bond acceptors (Lipinski definition) is 11. The molecule has 13 rings (SSSR count). The van der Waals surface area contributed by atoms with Gasteiger partial charge in [-0.15, -0.1) is 90.7 Å². The van der Waals surface area contributed by atoms with E-state index in [1.54, 1.807) is 21.6 Å². The van der Waals surface area contributed by atoms with Crippen LogP contribution in [0.4, 0.5) is 0 Å². The minimum atomic E-state index is 0.178. The summed E-state index contributed by atoms with van der Waals surface area (Å²) in [5, 5.41) is 0. The predicted octanol–water partition coefficient (Wildman–Crippen LogP) is 37.8. The number of thiophene rings is 8. The second-order valence-corrected chi connectivity index (χ2v) is 43.0. The number of nitrogens with zero attached hydrogens (tertiary/aromatic N) is 2. The van der Waals surface area contributed by atoms with Gasteiger partial charge in [0.05, 0.1) is 11.7 Å². The quantitative estimate of drug-likeness (QED) is 0.0355. The van der Waals surface area contributed by atoms with E-state index < -0.39 is 0 Å². The van der Waals surface area contributed by atoms with Crippen LogP contribution in [0.3, 0.4) is 0 Å². The molecule has 0 radical (unpaired) electrons. The minimum absolute atomic E-state index is 0.178. The Labute approximate surface area is 725 Å². The van der Waals surface area contributed by atoms with Gasteiger partial charge in [-0.05, 0) is 223 Å². The highest BCUT2D eigenvalue weighted by Crippen LogP contribution is 2.55. The molecule has 11 heteroatoms. The Hall–Kier alpha value is -4.92. The lowest BCUT2D eigenvalue weighted by atomic mass is 9.76. The summed E-state index contributed by atoms with van der Waals surface area (Å²) in [6, 6.07) is 49.9. The molecular formula is C103H132N2S9. The van der Waals surface area contributed by atoms with E-state index in [0.717, 1.165) is 43.1 Å². The van der Waals surface area contributed by atoms with Crippen LogP contribution in [0.1, 0.15) is 351 Å². The third kappa shape index (κ3) is 20.9. The zero-order chi connectivity index (χ0) is 79.4. The Kier molecular flexibility index (Phi) is 32.7. The Morgan fingerprint density at radius 3 is 1.01 bits per heavy atom. The molecule has 0 spiro atoms. The summed E-state index contributed by atoms with van der Waals surface area (Å²) in [7, 11) is 0. The van der Waals surface area contributed by atoms with Gasteiger partial charge in [-0.25, -0.2) is 0 Å². The molecule has 1 atom stereocenters. The van der Waals surface area contributed by atoms with Gasteiger partial charge in [0, 0.05) is 100 Å². The molecule has 9 heterocycles. The van der Waals surface area contributed by atoms with Crippen LogP contribution in [0.25, 0.3) is 112 Å². The standard InChI is InChI=1S/C103H132N2S9/c1-12-21-26-31-36-41-46-72-66-92(71-51-53-78-77(50-45-40-35-30-25-16-5)79-54-52-76(102(10,17-6)18-7)70-83(79)82(78)65-71)110-98(72)88-61-57-84(106-88)85-58-62-89(107-85)99-73(47-42-37-32-27-22-13-2)67-93(111-99)80-55-56-81(97-96(80)104-114-105-97)94-68-74(48-43-38-33-28-23-14-3)100(112-94)90-63-59-86(108-90)87-60-64-91(109-87)101-75(49-44-39-34-29-24-15-4)69-95(113-101)103(11,19-8)20-9/h51-70,77H,12-50H2,1-11H3. The zero-order valence-corrected chi connectivity index (χ0v) is 78.6. The van der Waals surface area contributed by atoms with Crippen molar-refractivity contribution in [1.29, 1.82) is 0 Å². The summed E-state index contributed by atoms with van der Waals surface area (Å²) < 4.78 is 10.4. The first-order chi connectivity index (χ1) is 55.9. The van der Waals surface area contributed by atoms with Crippen LogP contribution in [0, 0.1) is 0 Å². The van der Waals surface area contributed by atoms with Crippen molar-refractivity contribution in [2.75, 3.05) is 0 Å². The van der Waals surface area contributed by atoms with E-state index in [4.69, 9.17) is 8.75 Å². The van der Waals surface area contributed by atoms with Gasteiger partial charge in [0.25, 0.3) is 0 Å². The van der Waals surface area contributed by atoms with Gasteiger partial charge in [0.1, 0.15) is 11.0 Å². The first-order valence-corrected chi connectivity index (χ1v) is 52.6. The third-order valence-corrected chi connectivity index (χ3v) is 37.0. The van der Waals surface area contributed by atoms with E-state index in [2.05, 4.69) is 209 Å². The zero-order valence-electron chi connectivity index (χ0n) is 71.3. The highest BCUT2D eigenvalue weighted by molar-refractivity contribution is 7.30. The van der Waals surface area contributed by atoms with Gasteiger partial charge >= 0.3 is 0 Å². The van der Waals surface area contributed by atoms with Gasteiger partial charge in [-0.1, -0.05) is 286 Å². The van der Waals surface area contributed by atoms with Crippen molar-refractivity contribution in [3.8, 4) is 101 Å². The maximum Gasteiger partial charge on any atom is 0.114 e. The molecule has 0 aliphatic heterocycles. The SMILES string of the molecule is CCCCCCCCc1cc(-c2ccc3c(c2)-c2cc(C(C)(CC)CC)ccc2C3CCCCCCCC)sc1-c1ccc(-c2ccc(-c3sc(-c4ccc(-c5cc(CCCCCCCC)c(-c6ccc(-c7ccc(-c8sc(C(C)(CC)CC)cc8CCCCCCCC)s7)s6)s5)c5nsnc45)cc3CCCCCCCC)s2)s1. The fourth-order valence-corrected chi connectivity index (χ4v) is 28.1. The Balaban J connectivity index is 0.785. The average molecular weight is 1690 g/mol. The minimum Gasteiger partial charge on any atom is -0.172 e. The molecule has 3 aromatic carbocycles. The first kappa shape index (κ1) is 86.9. The lowest BCUT2D eigenvalue weighted by molar-refractivity contribution is 0.439. The molecule has 2 nitrogen and oxygen atoms in total. The molecule has 0 saturated carbocycles. The molecular weight excluding hydrogens is 1550 g/mol. The Morgan fingerprint density at radius 2 is 0.605 bits per heavy atom. The lowest BCUT2D eigenvalue weighted by Crippen LogP contribution is -2.19. The summed E-state index contributed by atoms with van der Waals surface area (Å²) in [5.74, 6) is 0.476. The van der Waals surface area contributed by atoms with Crippen molar-refractivity contribution < 1.29 is 0 Å². The van der Waals surface area contributed by atoms with Crippen LogP contribution in [0.5, 0.6) is 0 Å². The topological polar surface area (TPSA) is 25.8 Å². The van der Waals surface area contributed by atoms with Crippen molar-refractivity contribution in [2.45, 2.75) is 343 Å². The van der Waals surface area contributed by atoms with Crippen molar-refractivity contribution in [3.63, 3.8) is 0 Å². The summed E-state index contributed by atoms with van der Waals surface area (Å²) >= 11 is 17.5. The highest BCUT2D eigenvalue weighted by Gasteiger charge is 2.33. The number of unbranched alkanes of at least 4 members (excludes halogenated alkanes) is 25. The first-order valence-electron chi connectivity index (χ1n) is 45.3. The van der Waals surface area contributed by atoms with Gasteiger partial charge in [-0.3, -0.25) is 0 Å². The average Bonchev–Trinajstić information content (AvgIpc) is 1.60. The van der Waals surface area contributed by atoms with Crippen LogP contribution < -0.4 is 0 Å². The molecule has 1 aliphatic rings. The molecule has 608 valence electrons. The molecule has 0 fully saturated rings. The molecule has 114 heavy (non-hydrogen) atoms. The monoisotopic (exact) mass is 1680 g/mol. The van der Waals surface area contributed by atoms with Crippen LogP contribution in [0.2, 0.25) is 0 Å². The number of fused-ring (bicyclic) bond motifs is 4. The van der Waals surface area contributed by atoms with Crippen LogP contribution in [0.15, 0.2) is 121 Å². The number of aromatic nitrogens is 2. The molecule has 1 aliphatic carbocycles. The van der Waals surface area contributed by atoms with Crippen LogP contribution in [-0.2, 0) is 36.5 Å². The largest absolute Gasteiger partial charge is 0.172 e. The number of hydrogen-bond donors (Lipinski definition) is 0. The van der Waals surface area contributed by atoms with Crippen molar-refractivity contribution >= 4 is 113 Å².